The second-order valence-corrected chi connectivity index (χ2v) is 8.38. The number of nitrogens with one attached hydrogen (secondary N) is 1. The maximum absolute atomic E-state index is 12.5. The van der Waals surface area contributed by atoms with Crippen LogP contribution in [0.4, 0.5) is 5.69 Å². The highest BCUT2D eigenvalue weighted by Crippen LogP contribution is 2.34. The van der Waals surface area contributed by atoms with E-state index in [1.54, 1.807) is 0 Å². The van der Waals surface area contributed by atoms with E-state index in [0.29, 0.717) is 17.1 Å². The number of hydrogen-bond donors (Lipinski definition) is 2. The molecule has 4 nitrogen and oxygen atoms in total. The third kappa shape index (κ3) is 3.83. The van der Waals surface area contributed by atoms with Gasteiger partial charge >= 0.3 is 0 Å². The molecular weight excluding hydrogens is 354 g/mol. The fourth-order valence-corrected chi connectivity index (χ4v) is 4.93. The van der Waals surface area contributed by atoms with Crippen LogP contribution in [0.15, 0.2) is 36.4 Å². The highest BCUT2D eigenvalue weighted by molar-refractivity contribution is 7.21. The number of anilines is 1. The predicted molar refractivity (Wildman–Crippen MR) is 112 cm³/mol. The number of nitrogen functional groups attached to an aromatic ring is 1. The van der Waals surface area contributed by atoms with E-state index in [9.17, 15) is 4.79 Å². The Morgan fingerprint density at radius 1 is 1.19 bits per heavy atom. The van der Waals surface area contributed by atoms with E-state index in [2.05, 4.69) is 34.6 Å². The summed E-state index contributed by atoms with van der Waals surface area (Å²) in [6.45, 7) is 2.54. The molecular formula is C22H25N3OS. The standard InChI is InChI=1S/C22H25N3OS/c1-14-6-11-18-19(23)20(27-22(18)25-14)21(26)24-13-12-15-7-9-17(10-8-15)16-4-2-3-5-16/h6-11,16H,2-5,12-13,23H2,1H3,(H,24,26). The average Bonchev–Trinajstić information content (AvgIpc) is 3.31. The van der Waals surface area contributed by atoms with Crippen LogP contribution in [-0.2, 0) is 6.42 Å². The minimum atomic E-state index is -0.115. The fraction of sp³-hybridized carbons (Fsp3) is 0.364. The Morgan fingerprint density at radius 3 is 2.67 bits per heavy atom. The summed E-state index contributed by atoms with van der Waals surface area (Å²) in [5, 5.41) is 3.86. The Balaban J connectivity index is 1.36. The normalized spacial score (nSPS) is 14.7. The number of nitrogens with zero attached hydrogens (tertiary/aromatic N) is 1. The molecule has 0 spiro atoms. The number of hydrogen-bond acceptors (Lipinski definition) is 4. The van der Waals surface area contributed by atoms with Gasteiger partial charge in [0.25, 0.3) is 5.91 Å². The summed E-state index contributed by atoms with van der Waals surface area (Å²) in [7, 11) is 0. The number of thiophene rings is 1. The molecule has 2 aromatic heterocycles. The van der Waals surface area contributed by atoms with Crippen LogP contribution >= 0.6 is 11.3 Å². The van der Waals surface area contributed by atoms with Gasteiger partial charge in [0.15, 0.2) is 0 Å². The van der Waals surface area contributed by atoms with Crippen molar-refractivity contribution < 1.29 is 4.79 Å². The van der Waals surface area contributed by atoms with Gasteiger partial charge in [0, 0.05) is 17.6 Å². The summed E-state index contributed by atoms with van der Waals surface area (Å²) >= 11 is 1.36. The highest BCUT2D eigenvalue weighted by Gasteiger charge is 2.18. The number of aromatic nitrogens is 1. The summed E-state index contributed by atoms with van der Waals surface area (Å²) in [4.78, 5) is 18.4. The molecule has 0 radical (unpaired) electrons. The third-order valence-electron chi connectivity index (χ3n) is 5.44. The van der Waals surface area contributed by atoms with Crippen LogP contribution in [0.3, 0.4) is 0 Å². The minimum Gasteiger partial charge on any atom is -0.397 e. The highest BCUT2D eigenvalue weighted by atomic mass is 32.1. The Morgan fingerprint density at radius 2 is 1.93 bits per heavy atom. The quantitative estimate of drug-likeness (QED) is 0.668. The van der Waals surface area contributed by atoms with Crippen LogP contribution in [-0.4, -0.2) is 17.4 Å². The van der Waals surface area contributed by atoms with Gasteiger partial charge in [0.05, 0.1) is 5.69 Å². The van der Waals surface area contributed by atoms with Crippen LogP contribution in [0.2, 0.25) is 0 Å². The van der Waals surface area contributed by atoms with Gasteiger partial charge in [0.1, 0.15) is 9.71 Å². The maximum atomic E-state index is 12.5. The van der Waals surface area contributed by atoms with E-state index < -0.39 is 0 Å². The molecule has 27 heavy (non-hydrogen) atoms. The molecule has 0 unspecified atom stereocenters. The molecule has 0 bridgehead atoms. The van der Waals surface area contributed by atoms with Crippen LogP contribution in [0.1, 0.15) is 58.1 Å². The first-order chi connectivity index (χ1) is 13.1. The summed E-state index contributed by atoms with van der Waals surface area (Å²) in [6.07, 6.45) is 6.17. The minimum absolute atomic E-state index is 0.115. The molecule has 1 aliphatic carbocycles. The van der Waals surface area contributed by atoms with Gasteiger partial charge in [-0.1, -0.05) is 37.1 Å². The Bertz CT molecular complexity index is 956. The number of pyridine rings is 1. The van der Waals surface area contributed by atoms with Crippen molar-refractivity contribution in [2.24, 2.45) is 0 Å². The summed E-state index contributed by atoms with van der Waals surface area (Å²) in [5.74, 6) is 0.627. The monoisotopic (exact) mass is 379 g/mol. The van der Waals surface area contributed by atoms with Gasteiger partial charge in [-0.05, 0) is 55.4 Å². The van der Waals surface area contributed by atoms with Crippen molar-refractivity contribution in [3.05, 3.63) is 58.1 Å². The van der Waals surface area contributed by atoms with Crippen molar-refractivity contribution in [1.82, 2.24) is 10.3 Å². The Kier molecular flexibility index (Phi) is 5.12. The van der Waals surface area contributed by atoms with Crippen molar-refractivity contribution in [1.29, 1.82) is 0 Å². The number of carbonyl (C=O) groups excluding carboxylic acids is 1. The molecule has 0 atom stereocenters. The molecule has 4 rings (SSSR count). The van der Waals surface area contributed by atoms with E-state index in [-0.39, 0.29) is 5.91 Å². The van der Waals surface area contributed by atoms with Crippen LogP contribution in [0, 0.1) is 6.92 Å². The van der Waals surface area contributed by atoms with E-state index in [1.165, 1.54) is 48.1 Å². The lowest BCUT2D eigenvalue weighted by Gasteiger charge is -2.10. The summed E-state index contributed by atoms with van der Waals surface area (Å²) in [5.41, 5.74) is 10.3. The molecule has 3 aromatic rings. The van der Waals surface area contributed by atoms with Crippen LogP contribution < -0.4 is 11.1 Å². The molecule has 1 amide bonds. The van der Waals surface area contributed by atoms with Crippen molar-refractivity contribution >= 4 is 33.1 Å². The van der Waals surface area contributed by atoms with Gasteiger partial charge in [-0.25, -0.2) is 4.98 Å². The number of benzene rings is 1. The molecule has 5 heteroatoms. The van der Waals surface area contributed by atoms with E-state index in [4.69, 9.17) is 5.73 Å². The zero-order valence-electron chi connectivity index (χ0n) is 15.6. The second kappa shape index (κ2) is 7.69. The zero-order valence-corrected chi connectivity index (χ0v) is 16.4. The lowest BCUT2D eigenvalue weighted by molar-refractivity contribution is 0.0959. The first kappa shape index (κ1) is 18.0. The smallest absolute Gasteiger partial charge is 0.263 e. The zero-order chi connectivity index (χ0) is 18.8. The van der Waals surface area contributed by atoms with Gasteiger partial charge in [-0.15, -0.1) is 11.3 Å². The Hall–Kier alpha value is -2.40. The SMILES string of the molecule is Cc1ccc2c(N)c(C(=O)NCCc3ccc(C4CCCC4)cc3)sc2n1. The van der Waals surface area contributed by atoms with Gasteiger partial charge in [-0.2, -0.15) is 0 Å². The number of carbonyl (C=O) groups is 1. The first-order valence-corrected chi connectivity index (χ1v) is 10.5. The first-order valence-electron chi connectivity index (χ1n) is 9.64. The van der Waals surface area contributed by atoms with Gasteiger partial charge < -0.3 is 11.1 Å². The van der Waals surface area contributed by atoms with Gasteiger partial charge in [0.2, 0.25) is 0 Å². The maximum Gasteiger partial charge on any atom is 0.263 e. The lowest BCUT2D eigenvalue weighted by atomic mass is 9.96. The third-order valence-corrected chi connectivity index (χ3v) is 6.56. The lowest BCUT2D eigenvalue weighted by Crippen LogP contribution is -2.25. The van der Waals surface area contributed by atoms with E-state index in [0.717, 1.165) is 28.2 Å². The van der Waals surface area contributed by atoms with Crippen LogP contribution in [0.5, 0.6) is 0 Å². The topological polar surface area (TPSA) is 68.0 Å². The number of fused-ring (bicyclic) bond motifs is 1. The number of aryl methyl sites for hydroxylation is 1. The number of amides is 1. The molecule has 2 heterocycles. The van der Waals surface area contributed by atoms with E-state index >= 15 is 0 Å². The van der Waals surface area contributed by atoms with Crippen molar-refractivity contribution in [2.45, 2.75) is 44.9 Å². The summed E-state index contributed by atoms with van der Waals surface area (Å²) in [6, 6.07) is 12.8. The second-order valence-electron chi connectivity index (χ2n) is 7.38. The molecule has 1 aliphatic rings. The van der Waals surface area contributed by atoms with Crippen LogP contribution in [0.25, 0.3) is 10.2 Å². The largest absolute Gasteiger partial charge is 0.397 e. The molecule has 1 fully saturated rings. The van der Waals surface area contributed by atoms with Crippen molar-refractivity contribution in [3.63, 3.8) is 0 Å². The average molecular weight is 380 g/mol. The molecule has 140 valence electrons. The predicted octanol–water partition coefficient (Wildman–Crippen LogP) is 4.82. The molecule has 1 aromatic carbocycles. The van der Waals surface area contributed by atoms with Crippen molar-refractivity contribution in [2.75, 3.05) is 12.3 Å². The number of rotatable bonds is 5. The Labute approximate surface area is 163 Å². The van der Waals surface area contributed by atoms with Gasteiger partial charge in [-0.3, -0.25) is 4.79 Å². The summed E-state index contributed by atoms with van der Waals surface area (Å²) < 4.78 is 0. The number of nitrogens with two attached hydrogens (primary N) is 1. The van der Waals surface area contributed by atoms with E-state index in [1.807, 2.05) is 19.1 Å². The molecule has 0 saturated heterocycles. The molecule has 1 saturated carbocycles. The molecule has 0 aliphatic heterocycles. The van der Waals surface area contributed by atoms with Crippen molar-refractivity contribution in [3.8, 4) is 0 Å². The fourth-order valence-electron chi connectivity index (χ4n) is 3.87. The molecule has 3 N–H and O–H groups in total.